The molecule has 4 nitrogen and oxygen atoms in total. The van der Waals surface area contributed by atoms with Gasteiger partial charge in [-0.1, -0.05) is 0 Å². The maximum Gasteiger partial charge on any atom is 0.0633 e. The topological polar surface area (TPSA) is 61.7 Å². The van der Waals surface area contributed by atoms with E-state index in [1.54, 1.807) is 0 Å². The smallest absolute Gasteiger partial charge is 0.0633 e. The fourth-order valence-electron chi connectivity index (χ4n) is 1.75. The predicted octanol–water partition coefficient (Wildman–Crippen LogP) is 0.278. The highest BCUT2D eigenvalue weighted by Gasteiger charge is 2.21. The van der Waals surface area contributed by atoms with Gasteiger partial charge in [-0.25, -0.2) is 0 Å². The first-order valence-electron chi connectivity index (χ1n) is 5.78. The molecule has 1 aliphatic heterocycles. The average Bonchev–Trinajstić information content (AvgIpc) is 2.77. The third kappa shape index (κ3) is 4.47. The van der Waals surface area contributed by atoms with Gasteiger partial charge < -0.3 is 20.3 Å². The molecule has 1 aliphatic rings. The van der Waals surface area contributed by atoms with E-state index in [0.29, 0.717) is 6.10 Å². The van der Waals surface area contributed by atoms with Crippen LogP contribution in [0.15, 0.2) is 0 Å². The summed E-state index contributed by atoms with van der Waals surface area (Å²) < 4.78 is 5.51. The first kappa shape index (κ1) is 12.9. The van der Waals surface area contributed by atoms with E-state index in [4.69, 9.17) is 14.9 Å². The molecule has 0 saturated carbocycles. The highest BCUT2D eigenvalue weighted by molar-refractivity contribution is 4.81. The predicted molar refractivity (Wildman–Crippen MR) is 58.8 cm³/mol. The lowest BCUT2D eigenvalue weighted by atomic mass is 10.0. The SMILES string of the molecule is CC(CO)(CO)NCCCC1CCCO1. The summed E-state index contributed by atoms with van der Waals surface area (Å²) in [7, 11) is 0. The van der Waals surface area contributed by atoms with Gasteiger partial charge in [0.2, 0.25) is 0 Å². The molecule has 0 amide bonds. The largest absolute Gasteiger partial charge is 0.394 e. The molecular formula is C11H23NO3. The summed E-state index contributed by atoms with van der Waals surface area (Å²) in [5, 5.41) is 21.3. The van der Waals surface area contributed by atoms with Gasteiger partial charge in [-0.3, -0.25) is 0 Å². The molecule has 1 atom stereocenters. The van der Waals surface area contributed by atoms with Crippen LogP contribution in [0.2, 0.25) is 0 Å². The highest BCUT2D eigenvalue weighted by atomic mass is 16.5. The van der Waals surface area contributed by atoms with Gasteiger partial charge in [0.25, 0.3) is 0 Å². The van der Waals surface area contributed by atoms with Crippen LogP contribution in [0, 0.1) is 0 Å². The van der Waals surface area contributed by atoms with Crippen LogP contribution in [0.4, 0.5) is 0 Å². The normalized spacial score (nSPS) is 22.2. The molecule has 0 aliphatic carbocycles. The monoisotopic (exact) mass is 217 g/mol. The van der Waals surface area contributed by atoms with E-state index in [1.807, 2.05) is 6.92 Å². The molecule has 3 N–H and O–H groups in total. The van der Waals surface area contributed by atoms with Crippen molar-refractivity contribution in [2.45, 2.75) is 44.2 Å². The Balaban J connectivity index is 2.04. The minimum atomic E-state index is -0.545. The Kier molecular flexibility index (Phi) is 5.53. The fourth-order valence-corrected chi connectivity index (χ4v) is 1.75. The summed E-state index contributed by atoms with van der Waals surface area (Å²) in [6.45, 7) is 3.46. The molecule has 0 aromatic heterocycles. The second-order valence-electron chi connectivity index (χ2n) is 4.58. The molecule has 1 saturated heterocycles. The van der Waals surface area contributed by atoms with Crippen LogP contribution in [-0.4, -0.2) is 48.2 Å². The molecular weight excluding hydrogens is 194 g/mol. The number of aliphatic hydroxyl groups excluding tert-OH is 2. The van der Waals surface area contributed by atoms with Crippen LogP contribution in [0.25, 0.3) is 0 Å². The molecule has 1 fully saturated rings. The zero-order valence-corrected chi connectivity index (χ0v) is 9.54. The maximum absolute atomic E-state index is 9.05. The summed E-state index contributed by atoms with van der Waals surface area (Å²) in [5.41, 5.74) is -0.545. The van der Waals surface area contributed by atoms with Gasteiger partial charge in [-0.15, -0.1) is 0 Å². The number of hydrogen-bond donors (Lipinski definition) is 3. The molecule has 0 spiro atoms. The van der Waals surface area contributed by atoms with Crippen molar-refractivity contribution in [3.05, 3.63) is 0 Å². The van der Waals surface area contributed by atoms with Crippen LogP contribution in [0.3, 0.4) is 0 Å². The molecule has 0 aromatic rings. The Hall–Kier alpha value is -0.160. The minimum absolute atomic E-state index is 0.0383. The second-order valence-corrected chi connectivity index (χ2v) is 4.58. The number of hydrogen-bond acceptors (Lipinski definition) is 4. The Morgan fingerprint density at radius 3 is 2.67 bits per heavy atom. The van der Waals surface area contributed by atoms with Crippen molar-refractivity contribution in [3.63, 3.8) is 0 Å². The fraction of sp³-hybridized carbons (Fsp3) is 1.00. The summed E-state index contributed by atoms with van der Waals surface area (Å²) in [6.07, 6.45) is 4.89. The van der Waals surface area contributed by atoms with Crippen molar-refractivity contribution in [1.29, 1.82) is 0 Å². The van der Waals surface area contributed by atoms with E-state index in [-0.39, 0.29) is 13.2 Å². The van der Waals surface area contributed by atoms with Gasteiger partial charge in [0.1, 0.15) is 0 Å². The van der Waals surface area contributed by atoms with Gasteiger partial charge >= 0.3 is 0 Å². The molecule has 90 valence electrons. The molecule has 0 aromatic carbocycles. The molecule has 1 heterocycles. The lowest BCUT2D eigenvalue weighted by Crippen LogP contribution is -2.49. The van der Waals surface area contributed by atoms with Crippen molar-refractivity contribution < 1.29 is 14.9 Å². The Labute approximate surface area is 91.6 Å². The van der Waals surface area contributed by atoms with E-state index in [1.165, 1.54) is 12.8 Å². The highest BCUT2D eigenvalue weighted by Crippen LogP contribution is 2.16. The van der Waals surface area contributed by atoms with E-state index < -0.39 is 5.54 Å². The van der Waals surface area contributed by atoms with E-state index in [0.717, 1.165) is 26.0 Å². The van der Waals surface area contributed by atoms with E-state index in [9.17, 15) is 0 Å². The molecule has 1 unspecified atom stereocenters. The molecule has 0 bridgehead atoms. The summed E-state index contributed by atoms with van der Waals surface area (Å²) >= 11 is 0. The third-order valence-electron chi connectivity index (χ3n) is 2.98. The zero-order chi connectivity index (χ0) is 11.1. The number of rotatable bonds is 7. The molecule has 15 heavy (non-hydrogen) atoms. The molecule has 0 radical (unpaired) electrons. The first-order valence-corrected chi connectivity index (χ1v) is 5.78. The molecule has 4 heteroatoms. The van der Waals surface area contributed by atoms with E-state index >= 15 is 0 Å². The Bertz CT molecular complexity index is 165. The standard InChI is InChI=1S/C11H23NO3/c1-11(8-13,9-14)12-6-2-4-10-5-3-7-15-10/h10,12-14H,2-9H2,1H3. The van der Waals surface area contributed by atoms with Crippen LogP contribution in [0.5, 0.6) is 0 Å². The Morgan fingerprint density at radius 1 is 1.40 bits per heavy atom. The third-order valence-corrected chi connectivity index (χ3v) is 2.98. The van der Waals surface area contributed by atoms with Gasteiger partial charge in [-0.05, 0) is 39.2 Å². The van der Waals surface area contributed by atoms with Crippen LogP contribution in [-0.2, 0) is 4.74 Å². The van der Waals surface area contributed by atoms with E-state index in [2.05, 4.69) is 5.32 Å². The lowest BCUT2D eigenvalue weighted by Gasteiger charge is -2.26. The summed E-state index contributed by atoms with van der Waals surface area (Å²) in [5.74, 6) is 0. The number of aliphatic hydroxyl groups is 2. The van der Waals surface area contributed by atoms with Gasteiger partial charge in [-0.2, -0.15) is 0 Å². The van der Waals surface area contributed by atoms with Crippen LogP contribution in [0.1, 0.15) is 32.6 Å². The van der Waals surface area contributed by atoms with Crippen molar-refractivity contribution in [2.75, 3.05) is 26.4 Å². The Morgan fingerprint density at radius 2 is 2.13 bits per heavy atom. The van der Waals surface area contributed by atoms with Crippen molar-refractivity contribution in [1.82, 2.24) is 5.32 Å². The van der Waals surface area contributed by atoms with Gasteiger partial charge in [0.05, 0.1) is 24.9 Å². The van der Waals surface area contributed by atoms with Crippen LogP contribution < -0.4 is 5.32 Å². The quantitative estimate of drug-likeness (QED) is 0.536. The number of ether oxygens (including phenoxy) is 1. The van der Waals surface area contributed by atoms with Crippen molar-refractivity contribution in [2.24, 2.45) is 0 Å². The first-order chi connectivity index (χ1) is 7.20. The number of nitrogens with one attached hydrogen (secondary N) is 1. The van der Waals surface area contributed by atoms with Crippen LogP contribution >= 0.6 is 0 Å². The van der Waals surface area contributed by atoms with Gasteiger partial charge in [0.15, 0.2) is 0 Å². The summed E-state index contributed by atoms with van der Waals surface area (Å²) in [6, 6.07) is 0. The zero-order valence-electron chi connectivity index (χ0n) is 9.54. The van der Waals surface area contributed by atoms with Crippen molar-refractivity contribution in [3.8, 4) is 0 Å². The maximum atomic E-state index is 9.05. The molecule has 1 rings (SSSR count). The average molecular weight is 217 g/mol. The lowest BCUT2D eigenvalue weighted by molar-refractivity contribution is 0.0922. The van der Waals surface area contributed by atoms with Crippen molar-refractivity contribution >= 4 is 0 Å². The van der Waals surface area contributed by atoms with Gasteiger partial charge in [0, 0.05) is 6.61 Å². The second kappa shape index (κ2) is 6.43. The summed E-state index contributed by atoms with van der Waals surface area (Å²) in [4.78, 5) is 0. The minimum Gasteiger partial charge on any atom is -0.394 e.